The van der Waals surface area contributed by atoms with Gasteiger partial charge in [-0.15, -0.1) is 0 Å². The number of nitrogens with zero attached hydrogens (tertiary/aromatic N) is 1. The number of nitrogens with one attached hydrogen (secondary N) is 2. The van der Waals surface area contributed by atoms with E-state index in [9.17, 15) is 8.78 Å². The number of aromatic nitrogens is 1. The fourth-order valence-corrected chi connectivity index (χ4v) is 2.33. The van der Waals surface area contributed by atoms with Gasteiger partial charge in [0.05, 0.1) is 0 Å². The predicted molar refractivity (Wildman–Crippen MR) is 87.1 cm³/mol. The fourth-order valence-electron chi connectivity index (χ4n) is 1.61. The Bertz CT molecular complexity index is 618. The molecule has 2 N–H and O–H groups in total. The standard InChI is InChI=1S/C14H13F2N3S2/c1-9-3-2-4-12(17-9)19-14(20)18-10-5-7-11(8-6-10)21-13(15)16/h2-8,13H,1H3,(H2,17,18,19,20). The topological polar surface area (TPSA) is 37.0 Å². The van der Waals surface area contributed by atoms with E-state index in [-0.39, 0.29) is 0 Å². The lowest BCUT2D eigenvalue weighted by atomic mass is 10.3. The van der Waals surface area contributed by atoms with Gasteiger partial charge in [0.25, 0.3) is 5.76 Å². The van der Waals surface area contributed by atoms with Crippen LogP contribution in [0.4, 0.5) is 20.3 Å². The van der Waals surface area contributed by atoms with Crippen molar-refractivity contribution >= 4 is 40.6 Å². The lowest BCUT2D eigenvalue weighted by Crippen LogP contribution is -2.19. The average Bonchev–Trinajstić information content (AvgIpc) is 2.40. The van der Waals surface area contributed by atoms with Crippen molar-refractivity contribution in [3.05, 3.63) is 48.2 Å². The van der Waals surface area contributed by atoms with Gasteiger partial charge in [0.2, 0.25) is 0 Å². The first-order valence-corrected chi connectivity index (χ1v) is 7.38. The van der Waals surface area contributed by atoms with E-state index in [0.29, 0.717) is 27.6 Å². The van der Waals surface area contributed by atoms with Crippen LogP contribution in [0.15, 0.2) is 47.4 Å². The van der Waals surface area contributed by atoms with E-state index in [0.717, 1.165) is 11.4 Å². The molecule has 7 heteroatoms. The molecule has 0 amide bonds. The fraction of sp³-hybridized carbons (Fsp3) is 0.143. The largest absolute Gasteiger partial charge is 0.332 e. The highest BCUT2D eigenvalue weighted by molar-refractivity contribution is 7.99. The van der Waals surface area contributed by atoms with Crippen molar-refractivity contribution in [2.24, 2.45) is 0 Å². The molecule has 110 valence electrons. The zero-order chi connectivity index (χ0) is 15.2. The van der Waals surface area contributed by atoms with E-state index in [1.54, 1.807) is 24.3 Å². The monoisotopic (exact) mass is 325 g/mol. The Balaban J connectivity index is 1.93. The van der Waals surface area contributed by atoms with Gasteiger partial charge >= 0.3 is 0 Å². The van der Waals surface area contributed by atoms with Crippen molar-refractivity contribution in [1.29, 1.82) is 0 Å². The third kappa shape index (κ3) is 5.28. The molecule has 0 fully saturated rings. The molecule has 2 rings (SSSR count). The molecular weight excluding hydrogens is 312 g/mol. The maximum absolute atomic E-state index is 12.2. The van der Waals surface area contributed by atoms with Gasteiger partial charge in [-0.2, -0.15) is 8.78 Å². The minimum atomic E-state index is -2.42. The lowest BCUT2D eigenvalue weighted by Gasteiger charge is -2.10. The molecule has 21 heavy (non-hydrogen) atoms. The van der Waals surface area contributed by atoms with Crippen LogP contribution in [0.3, 0.4) is 0 Å². The van der Waals surface area contributed by atoms with Crippen LogP contribution in [-0.4, -0.2) is 15.9 Å². The lowest BCUT2D eigenvalue weighted by molar-refractivity contribution is 0.252. The van der Waals surface area contributed by atoms with E-state index >= 15 is 0 Å². The molecule has 1 heterocycles. The van der Waals surface area contributed by atoms with Crippen LogP contribution in [0.1, 0.15) is 5.69 Å². The predicted octanol–water partition coefficient (Wildman–Crippen LogP) is 4.51. The summed E-state index contributed by atoms with van der Waals surface area (Å²) in [4.78, 5) is 4.79. The maximum atomic E-state index is 12.2. The molecule has 2 aromatic rings. The van der Waals surface area contributed by atoms with Gasteiger partial charge in [0.1, 0.15) is 5.82 Å². The molecule has 1 aromatic carbocycles. The van der Waals surface area contributed by atoms with Gasteiger partial charge in [0.15, 0.2) is 5.11 Å². The second kappa shape index (κ2) is 7.33. The number of alkyl halides is 2. The minimum absolute atomic E-state index is 0.391. The number of hydrogen-bond acceptors (Lipinski definition) is 3. The average molecular weight is 325 g/mol. The van der Waals surface area contributed by atoms with Crippen LogP contribution < -0.4 is 10.6 Å². The number of anilines is 2. The summed E-state index contributed by atoms with van der Waals surface area (Å²) < 4.78 is 24.4. The van der Waals surface area contributed by atoms with Crippen molar-refractivity contribution in [2.45, 2.75) is 17.6 Å². The molecule has 0 atom stereocenters. The van der Waals surface area contributed by atoms with Gasteiger partial charge < -0.3 is 10.6 Å². The SMILES string of the molecule is Cc1cccc(NC(=S)Nc2ccc(SC(F)F)cc2)n1. The van der Waals surface area contributed by atoms with E-state index < -0.39 is 5.76 Å². The number of thioether (sulfide) groups is 1. The zero-order valence-electron chi connectivity index (χ0n) is 11.1. The van der Waals surface area contributed by atoms with Gasteiger partial charge in [0, 0.05) is 16.3 Å². The number of rotatable bonds is 4. The molecule has 0 saturated carbocycles. The molecule has 0 aliphatic heterocycles. The number of benzene rings is 1. The Morgan fingerprint density at radius 1 is 1.14 bits per heavy atom. The van der Waals surface area contributed by atoms with E-state index in [1.165, 1.54) is 0 Å². The normalized spacial score (nSPS) is 10.5. The Morgan fingerprint density at radius 2 is 1.86 bits per heavy atom. The smallest absolute Gasteiger partial charge is 0.288 e. The molecule has 3 nitrogen and oxygen atoms in total. The van der Waals surface area contributed by atoms with Gasteiger partial charge in [-0.1, -0.05) is 17.8 Å². The summed E-state index contributed by atoms with van der Waals surface area (Å²) in [7, 11) is 0. The first kappa shape index (κ1) is 15.7. The summed E-state index contributed by atoms with van der Waals surface area (Å²) in [6.07, 6.45) is 0. The minimum Gasteiger partial charge on any atom is -0.332 e. The maximum Gasteiger partial charge on any atom is 0.288 e. The third-order valence-electron chi connectivity index (χ3n) is 2.47. The Morgan fingerprint density at radius 3 is 2.48 bits per heavy atom. The second-order valence-corrected chi connectivity index (χ2v) is 5.62. The van der Waals surface area contributed by atoms with Gasteiger partial charge in [-0.05, 0) is 55.5 Å². The van der Waals surface area contributed by atoms with Crippen LogP contribution in [0.25, 0.3) is 0 Å². The second-order valence-electron chi connectivity index (χ2n) is 4.15. The Labute approximate surface area is 131 Å². The number of halogens is 2. The highest BCUT2D eigenvalue weighted by atomic mass is 32.2. The van der Waals surface area contributed by atoms with Crippen molar-refractivity contribution in [3.8, 4) is 0 Å². The van der Waals surface area contributed by atoms with Crippen molar-refractivity contribution in [1.82, 2.24) is 4.98 Å². The van der Waals surface area contributed by atoms with Gasteiger partial charge in [-0.25, -0.2) is 4.98 Å². The zero-order valence-corrected chi connectivity index (χ0v) is 12.8. The highest BCUT2D eigenvalue weighted by Gasteiger charge is 2.05. The quantitative estimate of drug-likeness (QED) is 0.639. The molecule has 0 saturated heterocycles. The Kier molecular flexibility index (Phi) is 5.46. The van der Waals surface area contributed by atoms with E-state index in [4.69, 9.17) is 12.2 Å². The molecule has 0 aliphatic rings. The van der Waals surface area contributed by atoms with Crippen molar-refractivity contribution < 1.29 is 8.78 Å². The van der Waals surface area contributed by atoms with Crippen LogP contribution in [0, 0.1) is 6.92 Å². The molecule has 0 spiro atoms. The number of hydrogen-bond donors (Lipinski definition) is 2. The highest BCUT2D eigenvalue weighted by Crippen LogP contribution is 2.26. The molecule has 0 radical (unpaired) electrons. The number of thiocarbonyl (C=S) groups is 1. The molecule has 1 aromatic heterocycles. The molecular formula is C14H13F2N3S2. The summed E-state index contributed by atoms with van der Waals surface area (Å²) in [6, 6.07) is 12.2. The number of aryl methyl sites for hydroxylation is 1. The van der Waals surface area contributed by atoms with E-state index in [1.807, 2.05) is 25.1 Å². The van der Waals surface area contributed by atoms with Crippen LogP contribution in [-0.2, 0) is 0 Å². The summed E-state index contributed by atoms with van der Waals surface area (Å²) in [6.45, 7) is 1.89. The number of pyridine rings is 1. The Hall–Kier alpha value is -1.73. The van der Waals surface area contributed by atoms with Crippen molar-refractivity contribution in [2.75, 3.05) is 10.6 Å². The third-order valence-corrected chi connectivity index (χ3v) is 3.39. The summed E-state index contributed by atoms with van der Waals surface area (Å²) in [5.41, 5.74) is 1.61. The molecule has 0 aliphatic carbocycles. The summed E-state index contributed by atoms with van der Waals surface area (Å²) in [5, 5.41) is 6.33. The van der Waals surface area contributed by atoms with E-state index in [2.05, 4.69) is 15.6 Å². The van der Waals surface area contributed by atoms with Crippen LogP contribution in [0.5, 0.6) is 0 Å². The van der Waals surface area contributed by atoms with Crippen molar-refractivity contribution in [3.63, 3.8) is 0 Å². The van der Waals surface area contributed by atoms with Crippen LogP contribution in [0.2, 0.25) is 0 Å². The first-order valence-electron chi connectivity index (χ1n) is 6.09. The van der Waals surface area contributed by atoms with Gasteiger partial charge in [-0.3, -0.25) is 0 Å². The summed E-state index contributed by atoms with van der Waals surface area (Å²) >= 11 is 5.69. The molecule has 0 bridgehead atoms. The van der Waals surface area contributed by atoms with Crippen LogP contribution >= 0.6 is 24.0 Å². The summed E-state index contributed by atoms with van der Waals surface area (Å²) in [5.74, 6) is -1.77. The molecule has 0 unspecified atom stereocenters. The first-order chi connectivity index (χ1) is 10.0.